The number of hydrogen-bond donors (Lipinski definition) is 1. The molecule has 2 heterocycles. The molecular weight excluding hydrogens is 326 g/mol. The van der Waals surface area contributed by atoms with Gasteiger partial charge in [-0.2, -0.15) is 0 Å². The summed E-state index contributed by atoms with van der Waals surface area (Å²) >= 11 is 0. The Hall–Kier alpha value is -2.56. The third kappa shape index (κ3) is 4.54. The number of amides is 1. The molecule has 0 saturated carbocycles. The van der Waals surface area contributed by atoms with Crippen molar-refractivity contribution in [2.24, 2.45) is 0 Å². The van der Waals surface area contributed by atoms with Crippen LogP contribution in [0.3, 0.4) is 0 Å². The van der Waals surface area contributed by atoms with Gasteiger partial charge in [0.2, 0.25) is 0 Å². The quantitative estimate of drug-likeness (QED) is 0.863. The lowest BCUT2D eigenvalue weighted by molar-refractivity contribution is 0.0636. The Labute approximate surface area is 155 Å². The van der Waals surface area contributed by atoms with Crippen molar-refractivity contribution in [3.63, 3.8) is 0 Å². The van der Waals surface area contributed by atoms with Gasteiger partial charge in [0.05, 0.1) is 23.3 Å². The molecule has 0 fully saturated rings. The largest absolute Gasteiger partial charge is 0.444 e. The highest BCUT2D eigenvalue weighted by atomic mass is 16.6. The topological polar surface area (TPSA) is 54.5 Å². The van der Waals surface area contributed by atoms with Gasteiger partial charge in [0.15, 0.2) is 0 Å². The molecular formula is C21H27N3O2. The molecule has 3 rings (SSSR count). The van der Waals surface area contributed by atoms with E-state index in [1.165, 1.54) is 5.56 Å². The molecule has 0 spiro atoms. The number of benzene rings is 1. The van der Waals surface area contributed by atoms with E-state index in [1.807, 2.05) is 32.9 Å². The number of carbonyl (C=O) groups excluding carboxylic acids is 1. The summed E-state index contributed by atoms with van der Waals surface area (Å²) < 4.78 is 5.34. The van der Waals surface area contributed by atoms with Crippen molar-refractivity contribution in [2.75, 3.05) is 10.2 Å². The van der Waals surface area contributed by atoms with Crippen LogP contribution >= 0.6 is 0 Å². The molecule has 1 atom stereocenters. The van der Waals surface area contributed by atoms with Gasteiger partial charge < -0.3 is 9.64 Å². The summed E-state index contributed by atoms with van der Waals surface area (Å²) in [4.78, 5) is 19.0. The van der Waals surface area contributed by atoms with Crippen LogP contribution in [-0.4, -0.2) is 22.7 Å². The number of anilines is 2. The second-order valence-corrected chi connectivity index (χ2v) is 7.82. The molecule has 1 aromatic heterocycles. The number of aromatic nitrogens is 1. The van der Waals surface area contributed by atoms with Gasteiger partial charge in [0, 0.05) is 12.6 Å². The predicted molar refractivity (Wildman–Crippen MR) is 105 cm³/mol. The maximum atomic E-state index is 12.1. The summed E-state index contributed by atoms with van der Waals surface area (Å²) in [5.41, 5.74) is 3.55. The van der Waals surface area contributed by atoms with Crippen LogP contribution in [0.15, 0.2) is 42.6 Å². The first-order valence-corrected chi connectivity index (χ1v) is 9.11. The SMILES string of the molecule is CC1CCc2ncc(NC(=O)OC(C)(C)C)cc2N1Cc1ccccc1. The third-order valence-corrected chi connectivity index (χ3v) is 4.43. The normalized spacial score (nSPS) is 16.8. The minimum Gasteiger partial charge on any atom is -0.444 e. The fraction of sp³-hybridized carbons (Fsp3) is 0.429. The Kier molecular flexibility index (Phi) is 5.16. The number of nitrogens with zero attached hydrogens (tertiary/aromatic N) is 2. The van der Waals surface area contributed by atoms with Gasteiger partial charge in [-0.25, -0.2) is 4.79 Å². The first-order chi connectivity index (χ1) is 12.3. The monoisotopic (exact) mass is 353 g/mol. The molecule has 1 amide bonds. The van der Waals surface area contributed by atoms with E-state index in [-0.39, 0.29) is 0 Å². The molecule has 0 radical (unpaired) electrons. The standard InChI is InChI=1S/C21H27N3O2/c1-15-10-11-18-19(24(15)14-16-8-6-5-7-9-16)12-17(13-22-18)23-20(25)26-21(2,3)4/h5-9,12-13,15H,10-11,14H2,1-4H3,(H,23,25). The zero-order valence-electron chi connectivity index (χ0n) is 16.0. The van der Waals surface area contributed by atoms with Gasteiger partial charge in [-0.05, 0) is 52.2 Å². The van der Waals surface area contributed by atoms with E-state index < -0.39 is 11.7 Å². The van der Waals surface area contributed by atoms with E-state index in [2.05, 4.69) is 46.4 Å². The van der Waals surface area contributed by atoms with Crippen LogP contribution in [0, 0.1) is 0 Å². The van der Waals surface area contributed by atoms with E-state index >= 15 is 0 Å². The number of rotatable bonds is 3. The molecule has 138 valence electrons. The van der Waals surface area contributed by atoms with E-state index in [0.29, 0.717) is 11.7 Å². The number of carbonyl (C=O) groups is 1. The highest BCUT2D eigenvalue weighted by Crippen LogP contribution is 2.32. The van der Waals surface area contributed by atoms with Gasteiger partial charge in [-0.15, -0.1) is 0 Å². The van der Waals surface area contributed by atoms with E-state index in [9.17, 15) is 4.79 Å². The third-order valence-electron chi connectivity index (χ3n) is 4.43. The van der Waals surface area contributed by atoms with Gasteiger partial charge in [-0.3, -0.25) is 10.3 Å². The number of aryl methyl sites for hydroxylation is 1. The van der Waals surface area contributed by atoms with Crippen molar-refractivity contribution in [1.29, 1.82) is 0 Å². The minimum absolute atomic E-state index is 0.418. The first-order valence-electron chi connectivity index (χ1n) is 9.11. The minimum atomic E-state index is -0.528. The first kappa shape index (κ1) is 18.2. The summed E-state index contributed by atoms with van der Waals surface area (Å²) in [5, 5.41) is 2.80. The average Bonchev–Trinajstić information content (AvgIpc) is 2.57. The van der Waals surface area contributed by atoms with Crippen LogP contribution in [0.25, 0.3) is 0 Å². The molecule has 0 bridgehead atoms. The van der Waals surface area contributed by atoms with Crippen LogP contribution in [0.1, 0.15) is 45.4 Å². The second-order valence-electron chi connectivity index (χ2n) is 7.82. The molecule has 1 aromatic carbocycles. The molecule has 5 nitrogen and oxygen atoms in total. The van der Waals surface area contributed by atoms with E-state index in [4.69, 9.17) is 4.74 Å². The number of fused-ring (bicyclic) bond motifs is 1. The highest BCUT2D eigenvalue weighted by Gasteiger charge is 2.25. The molecule has 5 heteroatoms. The molecule has 2 aromatic rings. The van der Waals surface area contributed by atoms with Gasteiger partial charge in [-0.1, -0.05) is 30.3 Å². The van der Waals surface area contributed by atoms with Crippen molar-refractivity contribution in [3.05, 3.63) is 53.9 Å². The highest BCUT2D eigenvalue weighted by molar-refractivity contribution is 5.85. The summed E-state index contributed by atoms with van der Waals surface area (Å²) in [6, 6.07) is 12.8. The molecule has 0 saturated heterocycles. The van der Waals surface area contributed by atoms with Crippen molar-refractivity contribution in [2.45, 2.75) is 58.7 Å². The van der Waals surface area contributed by atoms with Gasteiger partial charge in [0.1, 0.15) is 5.60 Å². The molecule has 1 aliphatic rings. The van der Waals surface area contributed by atoms with Gasteiger partial charge in [0.25, 0.3) is 0 Å². The summed E-state index contributed by atoms with van der Waals surface area (Å²) in [6.07, 6.45) is 3.28. The molecule has 1 unspecified atom stereocenters. The van der Waals surface area contributed by atoms with Crippen molar-refractivity contribution >= 4 is 17.5 Å². The van der Waals surface area contributed by atoms with Crippen LogP contribution in [0.2, 0.25) is 0 Å². The lowest BCUT2D eigenvalue weighted by Gasteiger charge is -2.37. The zero-order chi connectivity index (χ0) is 18.7. The number of ether oxygens (including phenoxy) is 1. The molecule has 1 N–H and O–H groups in total. The summed E-state index contributed by atoms with van der Waals surface area (Å²) in [5.74, 6) is 0. The van der Waals surface area contributed by atoms with Crippen LogP contribution in [0.4, 0.5) is 16.2 Å². The number of hydrogen-bond acceptors (Lipinski definition) is 4. The van der Waals surface area contributed by atoms with Crippen molar-refractivity contribution < 1.29 is 9.53 Å². The Morgan fingerprint density at radius 1 is 1.31 bits per heavy atom. The van der Waals surface area contributed by atoms with Gasteiger partial charge >= 0.3 is 6.09 Å². The molecule has 0 aliphatic carbocycles. The second kappa shape index (κ2) is 7.36. The smallest absolute Gasteiger partial charge is 0.412 e. The zero-order valence-corrected chi connectivity index (χ0v) is 16.0. The van der Waals surface area contributed by atoms with Crippen LogP contribution in [-0.2, 0) is 17.7 Å². The average molecular weight is 353 g/mol. The number of pyridine rings is 1. The van der Waals surface area contributed by atoms with Crippen molar-refractivity contribution in [1.82, 2.24) is 4.98 Å². The number of nitrogens with one attached hydrogen (secondary N) is 1. The fourth-order valence-electron chi connectivity index (χ4n) is 3.17. The summed E-state index contributed by atoms with van der Waals surface area (Å²) in [7, 11) is 0. The van der Waals surface area contributed by atoms with E-state index in [1.54, 1.807) is 6.20 Å². The molecule has 26 heavy (non-hydrogen) atoms. The fourth-order valence-corrected chi connectivity index (χ4v) is 3.17. The maximum absolute atomic E-state index is 12.1. The molecule has 1 aliphatic heterocycles. The Bertz CT molecular complexity index is 769. The predicted octanol–water partition coefficient (Wildman–Crippen LogP) is 4.77. The Morgan fingerprint density at radius 3 is 2.73 bits per heavy atom. The van der Waals surface area contributed by atoms with E-state index in [0.717, 1.165) is 30.8 Å². The Balaban J connectivity index is 1.82. The Morgan fingerprint density at radius 2 is 2.04 bits per heavy atom. The lowest BCUT2D eigenvalue weighted by Crippen LogP contribution is -2.37. The lowest BCUT2D eigenvalue weighted by atomic mass is 9.99. The van der Waals surface area contributed by atoms with Crippen LogP contribution < -0.4 is 10.2 Å². The van der Waals surface area contributed by atoms with Crippen molar-refractivity contribution in [3.8, 4) is 0 Å². The maximum Gasteiger partial charge on any atom is 0.412 e. The van der Waals surface area contributed by atoms with Crippen LogP contribution in [0.5, 0.6) is 0 Å². The summed E-state index contributed by atoms with van der Waals surface area (Å²) in [6.45, 7) is 8.61.